The summed E-state index contributed by atoms with van der Waals surface area (Å²) in [5.74, 6) is 1.59. The van der Waals surface area contributed by atoms with Gasteiger partial charge in [0.25, 0.3) is 0 Å². The van der Waals surface area contributed by atoms with E-state index in [-0.39, 0.29) is 6.10 Å². The Morgan fingerprint density at radius 2 is 2.07 bits per heavy atom. The Morgan fingerprint density at radius 1 is 1.33 bits per heavy atom. The molecule has 0 saturated heterocycles. The molecule has 0 radical (unpaired) electrons. The highest BCUT2D eigenvalue weighted by Crippen LogP contribution is 2.35. The second-order valence-electron chi connectivity index (χ2n) is 4.67. The zero-order valence-electron chi connectivity index (χ0n) is 9.92. The number of fused-ring (bicyclic) bond motifs is 1. The predicted octanol–water partition coefficient (Wildman–Crippen LogP) is 3.13. The summed E-state index contributed by atoms with van der Waals surface area (Å²) < 4.78 is 6.04. The van der Waals surface area contributed by atoms with Crippen LogP contribution in [0, 0.1) is 19.8 Å². The summed E-state index contributed by atoms with van der Waals surface area (Å²) in [5.41, 5.74) is 3.68. The summed E-state index contributed by atoms with van der Waals surface area (Å²) in [6.45, 7) is 9.55. The van der Waals surface area contributed by atoms with Gasteiger partial charge < -0.3 is 10.1 Å². The van der Waals surface area contributed by atoms with Gasteiger partial charge in [-0.15, -0.1) is 0 Å². The zero-order chi connectivity index (χ0) is 11.0. The minimum absolute atomic E-state index is 0.290. The largest absolute Gasteiger partial charge is 0.486 e. The minimum Gasteiger partial charge on any atom is -0.486 e. The van der Waals surface area contributed by atoms with Crippen LogP contribution < -0.4 is 10.1 Å². The van der Waals surface area contributed by atoms with Crippen molar-refractivity contribution in [1.82, 2.24) is 0 Å². The van der Waals surface area contributed by atoms with Gasteiger partial charge in [-0.3, -0.25) is 0 Å². The van der Waals surface area contributed by atoms with Gasteiger partial charge in [-0.05, 0) is 37.0 Å². The van der Waals surface area contributed by atoms with Crippen LogP contribution in [0.25, 0.3) is 0 Å². The second-order valence-corrected chi connectivity index (χ2v) is 4.67. The van der Waals surface area contributed by atoms with Gasteiger partial charge in [0.1, 0.15) is 11.9 Å². The number of rotatable bonds is 1. The maximum Gasteiger partial charge on any atom is 0.146 e. The van der Waals surface area contributed by atoms with Crippen LogP contribution in [0.3, 0.4) is 0 Å². The van der Waals surface area contributed by atoms with Gasteiger partial charge in [-0.25, -0.2) is 0 Å². The molecule has 0 aromatic heterocycles. The lowest BCUT2D eigenvalue weighted by Gasteiger charge is -2.31. The number of hydrogen-bond acceptors (Lipinski definition) is 2. The van der Waals surface area contributed by atoms with E-state index in [1.54, 1.807) is 0 Å². The van der Waals surface area contributed by atoms with E-state index in [0.717, 1.165) is 18.0 Å². The second kappa shape index (κ2) is 3.76. The highest BCUT2D eigenvalue weighted by atomic mass is 16.5. The van der Waals surface area contributed by atoms with Gasteiger partial charge in [-0.2, -0.15) is 0 Å². The maximum absolute atomic E-state index is 6.04. The zero-order valence-corrected chi connectivity index (χ0v) is 9.92. The molecule has 1 N–H and O–H groups in total. The molecule has 2 rings (SSSR count). The summed E-state index contributed by atoms with van der Waals surface area (Å²) >= 11 is 0. The van der Waals surface area contributed by atoms with Crippen LogP contribution in [0.1, 0.15) is 25.0 Å². The molecule has 2 nitrogen and oxygen atoms in total. The van der Waals surface area contributed by atoms with Crippen molar-refractivity contribution >= 4 is 5.69 Å². The topological polar surface area (TPSA) is 21.3 Å². The van der Waals surface area contributed by atoms with Crippen LogP contribution in [-0.4, -0.2) is 12.6 Å². The molecule has 0 spiro atoms. The fraction of sp³-hybridized carbons (Fsp3) is 0.538. The van der Waals surface area contributed by atoms with Crippen molar-refractivity contribution in [1.29, 1.82) is 0 Å². The molecule has 0 saturated carbocycles. The molecule has 1 aromatic carbocycles. The van der Waals surface area contributed by atoms with Crippen molar-refractivity contribution < 1.29 is 4.74 Å². The number of aryl methyl sites for hydroxylation is 1. The van der Waals surface area contributed by atoms with Crippen LogP contribution in [0.5, 0.6) is 5.75 Å². The standard InChI is InChI=1S/C13H19NO/c1-8(2)12-7-14-11-6-5-9(3)10(4)13(11)15-12/h5-6,8,12,14H,7H2,1-4H3. The van der Waals surface area contributed by atoms with E-state index in [0.29, 0.717) is 5.92 Å². The maximum atomic E-state index is 6.04. The van der Waals surface area contributed by atoms with Crippen molar-refractivity contribution in [2.24, 2.45) is 5.92 Å². The first-order valence-corrected chi connectivity index (χ1v) is 5.60. The van der Waals surface area contributed by atoms with E-state index in [2.05, 4.69) is 45.1 Å². The fourth-order valence-corrected chi connectivity index (χ4v) is 1.86. The summed E-state index contributed by atoms with van der Waals surface area (Å²) in [7, 11) is 0. The van der Waals surface area contributed by atoms with Crippen LogP contribution in [0.4, 0.5) is 5.69 Å². The lowest BCUT2D eigenvalue weighted by Crippen LogP contribution is -2.35. The van der Waals surface area contributed by atoms with E-state index in [1.165, 1.54) is 11.1 Å². The number of ether oxygens (including phenoxy) is 1. The summed E-state index contributed by atoms with van der Waals surface area (Å²) in [5, 5.41) is 3.44. The van der Waals surface area contributed by atoms with Crippen molar-refractivity contribution in [3.8, 4) is 5.75 Å². The van der Waals surface area contributed by atoms with Crippen LogP contribution in [-0.2, 0) is 0 Å². The van der Waals surface area contributed by atoms with E-state index in [9.17, 15) is 0 Å². The molecule has 15 heavy (non-hydrogen) atoms. The quantitative estimate of drug-likeness (QED) is 0.760. The Balaban J connectivity index is 2.35. The SMILES string of the molecule is Cc1ccc2c(c1C)OC(C(C)C)CN2. The van der Waals surface area contributed by atoms with Crippen LogP contribution in [0.15, 0.2) is 12.1 Å². The van der Waals surface area contributed by atoms with Gasteiger partial charge in [0, 0.05) is 0 Å². The first-order valence-electron chi connectivity index (χ1n) is 5.60. The molecule has 0 amide bonds. The number of nitrogens with one attached hydrogen (secondary N) is 1. The molecule has 2 heteroatoms. The molecule has 1 aromatic rings. The predicted molar refractivity (Wildman–Crippen MR) is 63.7 cm³/mol. The molecule has 1 aliphatic rings. The van der Waals surface area contributed by atoms with Gasteiger partial charge >= 0.3 is 0 Å². The lowest BCUT2D eigenvalue weighted by molar-refractivity contribution is 0.155. The monoisotopic (exact) mass is 205 g/mol. The third-order valence-electron chi connectivity index (χ3n) is 3.18. The summed E-state index contributed by atoms with van der Waals surface area (Å²) in [6.07, 6.45) is 0.290. The smallest absolute Gasteiger partial charge is 0.146 e. The molecule has 0 fully saturated rings. The number of anilines is 1. The first kappa shape index (κ1) is 10.3. The van der Waals surface area contributed by atoms with Crippen molar-refractivity contribution in [2.75, 3.05) is 11.9 Å². The molecule has 0 bridgehead atoms. The Morgan fingerprint density at radius 3 is 2.73 bits per heavy atom. The highest BCUT2D eigenvalue weighted by Gasteiger charge is 2.23. The van der Waals surface area contributed by atoms with Crippen molar-refractivity contribution in [2.45, 2.75) is 33.8 Å². The van der Waals surface area contributed by atoms with E-state index < -0.39 is 0 Å². The molecule has 1 aliphatic heterocycles. The number of benzene rings is 1. The average Bonchev–Trinajstić information content (AvgIpc) is 2.23. The van der Waals surface area contributed by atoms with Gasteiger partial charge in [0.2, 0.25) is 0 Å². The summed E-state index contributed by atoms with van der Waals surface area (Å²) in [6, 6.07) is 4.24. The Labute approximate surface area is 91.6 Å². The fourth-order valence-electron chi connectivity index (χ4n) is 1.86. The lowest BCUT2D eigenvalue weighted by atomic mass is 10.0. The Bertz CT molecular complexity index is 371. The Kier molecular flexibility index (Phi) is 2.59. The van der Waals surface area contributed by atoms with E-state index in [4.69, 9.17) is 4.74 Å². The minimum atomic E-state index is 0.290. The van der Waals surface area contributed by atoms with Gasteiger partial charge in [0.15, 0.2) is 0 Å². The highest BCUT2D eigenvalue weighted by molar-refractivity contribution is 5.63. The van der Waals surface area contributed by atoms with Crippen LogP contribution >= 0.6 is 0 Å². The Hall–Kier alpha value is -1.18. The molecule has 0 aliphatic carbocycles. The van der Waals surface area contributed by atoms with E-state index in [1.807, 2.05) is 0 Å². The summed E-state index contributed by atoms with van der Waals surface area (Å²) in [4.78, 5) is 0. The molecule has 1 atom stereocenters. The normalized spacial score (nSPS) is 19.4. The molecular formula is C13H19NO. The third-order valence-corrected chi connectivity index (χ3v) is 3.18. The number of hydrogen-bond donors (Lipinski definition) is 1. The first-order chi connectivity index (χ1) is 7.09. The van der Waals surface area contributed by atoms with Crippen molar-refractivity contribution in [3.05, 3.63) is 23.3 Å². The van der Waals surface area contributed by atoms with E-state index >= 15 is 0 Å². The molecule has 1 unspecified atom stereocenters. The van der Waals surface area contributed by atoms with Gasteiger partial charge in [0.05, 0.1) is 12.2 Å². The van der Waals surface area contributed by atoms with Gasteiger partial charge in [-0.1, -0.05) is 19.9 Å². The molecule has 1 heterocycles. The molecular weight excluding hydrogens is 186 g/mol. The molecule has 82 valence electrons. The van der Waals surface area contributed by atoms with Crippen LogP contribution in [0.2, 0.25) is 0 Å². The average molecular weight is 205 g/mol. The van der Waals surface area contributed by atoms with Crippen molar-refractivity contribution in [3.63, 3.8) is 0 Å². The third kappa shape index (κ3) is 1.81.